The molecule has 0 saturated carbocycles. The van der Waals surface area contributed by atoms with Crippen molar-refractivity contribution in [2.75, 3.05) is 11.9 Å². The lowest BCUT2D eigenvalue weighted by Crippen LogP contribution is -1.92. The molecule has 3 heteroatoms. The number of nitrogens with one attached hydrogen (secondary N) is 1. The molecule has 1 aromatic heterocycles. The standard InChI is InChI=1S/C7H7F.C7H8N2/c1-6-2-4-7(8)5-3-6;1-2-6-3-5-9-7(6)8-4-1/h2-5H,1H3;1-2,4H,3,5H2,(H,8,9). The quantitative estimate of drug-likeness (QED) is 0.751. The fraction of sp³-hybridized carbons (Fsp3) is 0.214. The SMILES string of the molecule is Cc1ccc(F)cc1.c1cnc2c(c1)CCN2. The molecular formula is C14H15FN2. The van der Waals surface area contributed by atoms with Crippen molar-refractivity contribution in [2.24, 2.45) is 0 Å². The summed E-state index contributed by atoms with van der Waals surface area (Å²) in [6.45, 7) is 2.98. The van der Waals surface area contributed by atoms with Gasteiger partial charge in [0.25, 0.3) is 0 Å². The van der Waals surface area contributed by atoms with Gasteiger partial charge in [0.05, 0.1) is 0 Å². The van der Waals surface area contributed by atoms with Crippen LogP contribution in [0, 0.1) is 12.7 Å². The average Bonchev–Trinajstić information content (AvgIpc) is 2.82. The van der Waals surface area contributed by atoms with E-state index in [0.29, 0.717) is 0 Å². The number of halogens is 1. The van der Waals surface area contributed by atoms with E-state index in [0.717, 1.165) is 24.3 Å². The monoisotopic (exact) mass is 230 g/mol. The summed E-state index contributed by atoms with van der Waals surface area (Å²) in [5.41, 5.74) is 2.43. The van der Waals surface area contributed by atoms with Crippen LogP contribution in [0.3, 0.4) is 0 Å². The highest BCUT2D eigenvalue weighted by molar-refractivity contribution is 5.48. The predicted molar refractivity (Wildman–Crippen MR) is 67.6 cm³/mol. The average molecular weight is 230 g/mol. The second kappa shape index (κ2) is 5.43. The normalized spacial score (nSPS) is 12.1. The van der Waals surface area contributed by atoms with Crippen molar-refractivity contribution in [1.82, 2.24) is 4.98 Å². The van der Waals surface area contributed by atoms with E-state index in [4.69, 9.17) is 0 Å². The second-order valence-corrected chi connectivity index (χ2v) is 3.98. The van der Waals surface area contributed by atoms with Gasteiger partial charge in [-0.05, 0) is 37.1 Å². The van der Waals surface area contributed by atoms with E-state index in [1.165, 1.54) is 17.7 Å². The van der Waals surface area contributed by atoms with Crippen molar-refractivity contribution in [1.29, 1.82) is 0 Å². The minimum Gasteiger partial charge on any atom is -0.370 e. The Labute approximate surface area is 101 Å². The van der Waals surface area contributed by atoms with Crippen LogP contribution in [0.4, 0.5) is 10.2 Å². The van der Waals surface area contributed by atoms with Gasteiger partial charge in [0.15, 0.2) is 0 Å². The second-order valence-electron chi connectivity index (χ2n) is 3.98. The Morgan fingerprint density at radius 1 is 1.18 bits per heavy atom. The first kappa shape index (κ1) is 11.6. The van der Waals surface area contributed by atoms with Crippen LogP contribution in [0.25, 0.3) is 0 Å². The van der Waals surface area contributed by atoms with Gasteiger partial charge in [-0.1, -0.05) is 23.8 Å². The molecule has 0 radical (unpaired) electrons. The molecule has 1 aliphatic heterocycles. The van der Waals surface area contributed by atoms with E-state index in [9.17, 15) is 4.39 Å². The highest BCUT2D eigenvalue weighted by Crippen LogP contribution is 2.16. The molecule has 0 atom stereocenters. The lowest BCUT2D eigenvalue weighted by Gasteiger charge is -1.93. The maximum Gasteiger partial charge on any atom is 0.129 e. The van der Waals surface area contributed by atoms with E-state index in [-0.39, 0.29) is 5.82 Å². The van der Waals surface area contributed by atoms with E-state index in [2.05, 4.69) is 16.4 Å². The Morgan fingerprint density at radius 2 is 1.94 bits per heavy atom. The van der Waals surface area contributed by atoms with E-state index >= 15 is 0 Å². The molecule has 2 heterocycles. The predicted octanol–water partition coefficient (Wildman–Crippen LogP) is 3.18. The third-order valence-electron chi connectivity index (χ3n) is 2.59. The molecule has 2 aromatic rings. The van der Waals surface area contributed by atoms with Crippen molar-refractivity contribution in [3.63, 3.8) is 0 Å². The van der Waals surface area contributed by atoms with Gasteiger partial charge in [-0.15, -0.1) is 0 Å². The first-order valence-electron chi connectivity index (χ1n) is 5.65. The molecule has 1 N–H and O–H groups in total. The largest absolute Gasteiger partial charge is 0.370 e. The molecule has 2 nitrogen and oxygen atoms in total. The number of aryl methyl sites for hydroxylation is 1. The van der Waals surface area contributed by atoms with Gasteiger partial charge >= 0.3 is 0 Å². The number of nitrogens with zero attached hydrogens (tertiary/aromatic N) is 1. The Hall–Kier alpha value is -1.90. The lowest BCUT2D eigenvalue weighted by atomic mass is 10.2. The minimum absolute atomic E-state index is 0.171. The van der Waals surface area contributed by atoms with Crippen molar-refractivity contribution < 1.29 is 4.39 Å². The Bertz CT molecular complexity index is 436. The fourth-order valence-electron chi connectivity index (χ4n) is 1.65. The van der Waals surface area contributed by atoms with E-state index in [1.54, 1.807) is 12.1 Å². The van der Waals surface area contributed by atoms with Gasteiger partial charge in [0.2, 0.25) is 0 Å². The smallest absolute Gasteiger partial charge is 0.129 e. The van der Waals surface area contributed by atoms with Crippen LogP contribution in [-0.4, -0.2) is 11.5 Å². The highest BCUT2D eigenvalue weighted by Gasteiger charge is 2.07. The zero-order valence-electron chi connectivity index (χ0n) is 9.78. The molecule has 1 aromatic carbocycles. The molecule has 1 aliphatic rings. The number of anilines is 1. The van der Waals surface area contributed by atoms with Crippen LogP contribution in [0.5, 0.6) is 0 Å². The van der Waals surface area contributed by atoms with Crippen molar-refractivity contribution in [2.45, 2.75) is 13.3 Å². The van der Waals surface area contributed by atoms with Gasteiger partial charge < -0.3 is 5.32 Å². The van der Waals surface area contributed by atoms with Crippen LogP contribution < -0.4 is 5.32 Å². The maximum absolute atomic E-state index is 12.1. The third kappa shape index (κ3) is 3.28. The van der Waals surface area contributed by atoms with Crippen LogP contribution in [0.1, 0.15) is 11.1 Å². The Kier molecular flexibility index (Phi) is 3.70. The van der Waals surface area contributed by atoms with Gasteiger partial charge in [-0.2, -0.15) is 0 Å². The van der Waals surface area contributed by atoms with E-state index < -0.39 is 0 Å². The molecule has 0 fully saturated rings. The summed E-state index contributed by atoms with van der Waals surface area (Å²) >= 11 is 0. The summed E-state index contributed by atoms with van der Waals surface area (Å²) in [4.78, 5) is 4.15. The van der Waals surface area contributed by atoms with Gasteiger partial charge in [0.1, 0.15) is 11.6 Å². The molecule has 0 saturated heterocycles. The van der Waals surface area contributed by atoms with E-state index in [1.807, 2.05) is 19.2 Å². The molecular weight excluding hydrogens is 215 g/mol. The summed E-state index contributed by atoms with van der Waals surface area (Å²) in [6, 6.07) is 10.5. The van der Waals surface area contributed by atoms with Crippen molar-refractivity contribution in [3.05, 3.63) is 59.5 Å². The number of pyridine rings is 1. The summed E-state index contributed by atoms with van der Waals surface area (Å²) in [5, 5.41) is 3.19. The number of hydrogen-bond acceptors (Lipinski definition) is 2. The molecule has 0 bridgehead atoms. The fourth-order valence-corrected chi connectivity index (χ4v) is 1.65. The molecule has 88 valence electrons. The van der Waals surface area contributed by atoms with Crippen LogP contribution in [-0.2, 0) is 6.42 Å². The Morgan fingerprint density at radius 3 is 2.59 bits per heavy atom. The number of aromatic nitrogens is 1. The van der Waals surface area contributed by atoms with Crippen molar-refractivity contribution in [3.8, 4) is 0 Å². The number of hydrogen-bond donors (Lipinski definition) is 1. The van der Waals surface area contributed by atoms with Crippen LogP contribution in [0.15, 0.2) is 42.6 Å². The maximum atomic E-state index is 12.1. The van der Waals surface area contributed by atoms with Gasteiger partial charge in [-0.25, -0.2) is 9.37 Å². The molecule has 0 spiro atoms. The Balaban J connectivity index is 0.000000128. The topological polar surface area (TPSA) is 24.9 Å². The minimum atomic E-state index is -0.171. The number of rotatable bonds is 0. The summed E-state index contributed by atoms with van der Waals surface area (Å²) in [5.74, 6) is 0.896. The zero-order valence-corrected chi connectivity index (χ0v) is 9.78. The lowest BCUT2D eigenvalue weighted by molar-refractivity contribution is 0.627. The molecule has 3 rings (SSSR count). The summed E-state index contributed by atoms with van der Waals surface area (Å²) in [7, 11) is 0. The molecule has 0 amide bonds. The molecule has 0 unspecified atom stereocenters. The first-order valence-corrected chi connectivity index (χ1v) is 5.65. The van der Waals surface area contributed by atoms with Crippen LogP contribution >= 0.6 is 0 Å². The number of fused-ring (bicyclic) bond motifs is 1. The third-order valence-corrected chi connectivity index (χ3v) is 2.59. The van der Waals surface area contributed by atoms with Gasteiger partial charge in [0, 0.05) is 12.7 Å². The number of benzene rings is 1. The summed E-state index contributed by atoms with van der Waals surface area (Å²) in [6.07, 6.45) is 2.94. The zero-order chi connectivity index (χ0) is 12.1. The van der Waals surface area contributed by atoms with Crippen molar-refractivity contribution >= 4 is 5.82 Å². The molecule has 17 heavy (non-hydrogen) atoms. The summed E-state index contributed by atoms with van der Waals surface area (Å²) < 4.78 is 12.1. The molecule has 0 aliphatic carbocycles. The first-order chi connectivity index (χ1) is 8.25. The highest BCUT2D eigenvalue weighted by atomic mass is 19.1. The van der Waals surface area contributed by atoms with Gasteiger partial charge in [-0.3, -0.25) is 0 Å². The van der Waals surface area contributed by atoms with Crippen LogP contribution in [0.2, 0.25) is 0 Å².